The minimum atomic E-state index is 0.422. The van der Waals surface area contributed by atoms with Gasteiger partial charge in [0.15, 0.2) is 11.5 Å². The molecule has 2 aromatic heterocycles. The number of methoxy groups -OCH3 is 3. The number of H-pyrrole nitrogens is 1. The van der Waals surface area contributed by atoms with Crippen molar-refractivity contribution in [3.05, 3.63) is 17.8 Å². The average molecular weight is 274 g/mol. The summed E-state index contributed by atoms with van der Waals surface area (Å²) in [6, 6.07) is 3.67. The second kappa shape index (κ2) is 4.93. The molecule has 0 saturated carbocycles. The van der Waals surface area contributed by atoms with E-state index in [9.17, 15) is 0 Å². The number of rotatable bonds is 4. The van der Waals surface area contributed by atoms with Crippen LogP contribution in [0.2, 0.25) is 0 Å². The van der Waals surface area contributed by atoms with Gasteiger partial charge in [-0.1, -0.05) is 0 Å². The fraction of sp³-hybridized carbons (Fsp3) is 0.308. The lowest BCUT2D eigenvalue weighted by Crippen LogP contribution is -1.94. The Bertz CT molecular complexity index is 769. The highest BCUT2D eigenvalue weighted by atomic mass is 16.5. The molecule has 1 aromatic carbocycles. The minimum Gasteiger partial charge on any atom is -0.493 e. The maximum absolute atomic E-state index is 5.33. The Labute approximate surface area is 114 Å². The summed E-state index contributed by atoms with van der Waals surface area (Å²) in [5.41, 5.74) is 2.13. The van der Waals surface area contributed by atoms with E-state index in [0.717, 1.165) is 16.5 Å². The van der Waals surface area contributed by atoms with E-state index in [4.69, 9.17) is 14.2 Å². The molecule has 0 unspecified atom stereocenters. The molecule has 20 heavy (non-hydrogen) atoms. The smallest absolute Gasteiger partial charge is 0.203 e. The molecule has 1 N–H and O–H groups in total. The lowest BCUT2D eigenvalue weighted by Gasteiger charge is -2.09. The van der Waals surface area contributed by atoms with Gasteiger partial charge in [0, 0.05) is 18.6 Å². The van der Waals surface area contributed by atoms with Gasteiger partial charge in [-0.25, -0.2) is 0 Å². The number of aromatic amines is 1. The van der Waals surface area contributed by atoms with Gasteiger partial charge < -0.3 is 14.2 Å². The Kier molecular flexibility index (Phi) is 3.11. The standard InChI is InChI=1S/C13H14N4O3/c1-18-6-9-12-7-4-10(19-2)11(20-3)5-8(7)14-16-13(12)17-15-9/h4-5H,6H2,1-3H3,(H,15,16,17). The molecule has 3 aromatic rings. The van der Waals surface area contributed by atoms with Crippen molar-refractivity contribution in [2.45, 2.75) is 6.61 Å². The van der Waals surface area contributed by atoms with Gasteiger partial charge in [0.25, 0.3) is 0 Å². The minimum absolute atomic E-state index is 0.422. The van der Waals surface area contributed by atoms with Crippen LogP contribution in [0.25, 0.3) is 21.9 Å². The predicted octanol–water partition coefficient (Wildman–Crippen LogP) is 1.67. The van der Waals surface area contributed by atoms with E-state index < -0.39 is 0 Å². The van der Waals surface area contributed by atoms with Crippen LogP contribution < -0.4 is 9.47 Å². The molecule has 7 nitrogen and oxygen atoms in total. The lowest BCUT2D eigenvalue weighted by molar-refractivity contribution is 0.182. The number of nitrogens with one attached hydrogen (secondary N) is 1. The summed E-state index contributed by atoms with van der Waals surface area (Å²) in [7, 11) is 4.82. The van der Waals surface area contributed by atoms with Gasteiger partial charge in [0.2, 0.25) is 5.65 Å². The Balaban J connectivity index is 2.36. The normalized spacial score (nSPS) is 11.2. The van der Waals surface area contributed by atoms with Crippen LogP contribution in [0.5, 0.6) is 11.5 Å². The Morgan fingerprint density at radius 3 is 2.50 bits per heavy atom. The Morgan fingerprint density at radius 2 is 1.80 bits per heavy atom. The summed E-state index contributed by atoms with van der Waals surface area (Å²) in [6.45, 7) is 0.422. The summed E-state index contributed by atoms with van der Waals surface area (Å²) in [4.78, 5) is 0. The van der Waals surface area contributed by atoms with Crippen molar-refractivity contribution in [1.82, 2.24) is 20.4 Å². The van der Waals surface area contributed by atoms with E-state index in [0.29, 0.717) is 29.3 Å². The number of benzene rings is 1. The first kappa shape index (κ1) is 12.6. The lowest BCUT2D eigenvalue weighted by atomic mass is 10.1. The molecule has 0 amide bonds. The summed E-state index contributed by atoms with van der Waals surface area (Å²) in [5, 5.41) is 17.1. The molecule has 104 valence electrons. The highest BCUT2D eigenvalue weighted by Crippen LogP contribution is 2.34. The summed E-state index contributed by atoms with van der Waals surface area (Å²) < 4.78 is 15.8. The van der Waals surface area contributed by atoms with Gasteiger partial charge >= 0.3 is 0 Å². The van der Waals surface area contributed by atoms with Crippen LogP contribution in [-0.2, 0) is 11.3 Å². The van der Waals surface area contributed by atoms with Crippen LogP contribution in [0.4, 0.5) is 0 Å². The molecule has 3 rings (SSSR count). The molecule has 0 aliphatic rings. The van der Waals surface area contributed by atoms with Gasteiger partial charge in [0.1, 0.15) is 0 Å². The second-order valence-electron chi connectivity index (χ2n) is 4.26. The molecular formula is C13H14N4O3. The molecular weight excluding hydrogens is 260 g/mol. The zero-order valence-corrected chi connectivity index (χ0v) is 11.4. The molecule has 0 aliphatic heterocycles. The van der Waals surface area contributed by atoms with E-state index in [-0.39, 0.29) is 0 Å². The quantitative estimate of drug-likeness (QED) is 0.779. The van der Waals surface area contributed by atoms with E-state index >= 15 is 0 Å². The van der Waals surface area contributed by atoms with Gasteiger partial charge in [-0.05, 0) is 6.07 Å². The third kappa shape index (κ3) is 1.83. The van der Waals surface area contributed by atoms with Gasteiger partial charge in [-0.15, -0.1) is 10.2 Å². The summed E-state index contributed by atoms with van der Waals surface area (Å²) >= 11 is 0. The maximum Gasteiger partial charge on any atom is 0.203 e. The SMILES string of the molecule is COCc1[nH]nc2nnc3cc(OC)c(OC)cc3c12. The van der Waals surface area contributed by atoms with Crippen LogP contribution >= 0.6 is 0 Å². The van der Waals surface area contributed by atoms with Crippen molar-refractivity contribution in [2.75, 3.05) is 21.3 Å². The van der Waals surface area contributed by atoms with E-state index in [1.54, 1.807) is 27.4 Å². The molecule has 0 bridgehead atoms. The fourth-order valence-corrected chi connectivity index (χ4v) is 2.22. The first-order valence-corrected chi connectivity index (χ1v) is 6.02. The zero-order valence-electron chi connectivity index (χ0n) is 11.4. The highest BCUT2D eigenvalue weighted by Gasteiger charge is 2.15. The van der Waals surface area contributed by atoms with Crippen molar-refractivity contribution >= 4 is 21.9 Å². The molecule has 0 atom stereocenters. The second-order valence-corrected chi connectivity index (χ2v) is 4.26. The number of ether oxygens (including phenoxy) is 3. The van der Waals surface area contributed by atoms with Gasteiger partial charge in [-0.2, -0.15) is 5.10 Å². The largest absolute Gasteiger partial charge is 0.493 e. The highest BCUT2D eigenvalue weighted by molar-refractivity contribution is 6.05. The van der Waals surface area contributed by atoms with Crippen LogP contribution in [0, 0.1) is 0 Å². The molecule has 7 heteroatoms. The number of fused-ring (bicyclic) bond motifs is 3. The fourth-order valence-electron chi connectivity index (χ4n) is 2.22. The van der Waals surface area contributed by atoms with Crippen LogP contribution in [-0.4, -0.2) is 41.7 Å². The van der Waals surface area contributed by atoms with Gasteiger partial charge in [-0.3, -0.25) is 5.10 Å². The molecule has 0 spiro atoms. The maximum atomic E-state index is 5.33. The number of hydrogen-bond donors (Lipinski definition) is 1. The van der Waals surface area contributed by atoms with E-state index in [1.165, 1.54) is 0 Å². The van der Waals surface area contributed by atoms with Crippen LogP contribution in [0.3, 0.4) is 0 Å². The number of hydrogen-bond acceptors (Lipinski definition) is 6. The van der Waals surface area contributed by atoms with Crippen molar-refractivity contribution in [3.63, 3.8) is 0 Å². The van der Waals surface area contributed by atoms with Crippen molar-refractivity contribution < 1.29 is 14.2 Å². The van der Waals surface area contributed by atoms with E-state index in [2.05, 4.69) is 20.4 Å². The molecule has 0 fully saturated rings. The Hall–Kier alpha value is -2.41. The molecule has 0 saturated heterocycles. The number of nitrogens with zero attached hydrogens (tertiary/aromatic N) is 3. The molecule has 2 heterocycles. The third-order valence-corrected chi connectivity index (χ3v) is 3.13. The summed E-state index contributed by atoms with van der Waals surface area (Å²) in [5.74, 6) is 1.25. The van der Waals surface area contributed by atoms with Crippen molar-refractivity contribution in [2.24, 2.45) is 0 Å². The van der Waals surface area contributed by atoms with Crippen LogP contribution in [0.15, 0.2) is 12.1 Å². The number of aromatic nitrogens is 4. The van der Waals surface area contributed by atoms with E-state index in [1.807, 2.05) is 6.07 Å². The first-order chi connectivity index (χ1) is 9.78. The van der Waals surface area contributed by atoms with Crippen molar-refractivity contribution in [3.8, 4) is 11.5 Å². The van der Waals surface area contributed by atoms with Crippen LogP contribution in [0.1, 0.15) is 5.69 Å². The molecule has 0 radical (unpaired) electrons. The Morgan fingerprint density at radius 1 is 1.05 bits per heavy atom. The topological polar surface area (TPSA) is 82.2 Å². The first-order valence-electron chi connectivity index (χ1n) is 6.02. The predicted molar refractivity (Wildman–Crippen MR) is 73.0 cm³/mol. The summed E-state index contributed by atoms with van der Waals surface area (Å²) in [6.07, 6.45) is 0. The average Bonchev–Trinajstić information content (AvgIpc) is 2.89. The van der Waals surface area contributed by atoms with Gasteiger partial charge in [0.05, 0.1) is 37.4 Å². The van der Waals surface area contributed by atoms with Crippen molar-refractivity contribution in [1.29, 1.82) is 0 Å². The third-order valence-electron chi connectivity index (χ3n) is 3.13. The molecule has 0 aliphatic carbocycles. The monoisotopic (exact) mass is 274 g/mol. The zero-order chi connectivity index (χ0) is 14.1.